The Morgan fingerprint density at radius 3 is 2.62 bits per heavy atom. The highest BCUT2D eigenvalue weighted by molar-refractivity contribution is 7.99. The van der Waals surface area contributed by atoms with E-state index in [4.69, 9.17) is 4.74 Å². The number of amides is 1. The maximum atomic E-state index is 11.7. The van der Waals surface area contributed by atoms with Crippen molar-refractivity contribution in [2.75, 3.05) is 44.3 Å². The number of rotatable bonds is 4. The minimum atomic E-state index is 0. The molecule has 0 aromatic heterocycles. The van der Waals surface area contributed by atoms with E-state index in [1.165, 1.54) is 0 Å². The Morgan fingerprint density at radius 1 is 1.38 bits per heavy atom. The van der Waals surface area contributed by atoms with Crippen LogP contribution in [-0.4, -0.2) is 61.2 Å². The van der Waals surface area contributed by atoms with E-state index in [0.29, 0.717) is 19.1 Å². The molecule has 4 nitrogen and oxygen atoms in total. The fraction of sp³-hybridized carbons (Fsp3) is 0.900. The van der Waals surface area contributed by atoms with Gasteiger partial charge < -0.3 is 15.0 Å². The topological polar surface area (TPSA) is 41.6 Å². The van der Waals surface area contributed by atoms with Crippen LogP contribution in [-0.2, 0) is 9.53 Å². The molecule has 0 aromatic carbocycles. The molecule has 0 radical (unpaired) electrons. The third-order valence-electron chi connectivity index (χ3n) is 2.78. The molecular formula is C10H19ClN2O2S. The number of nitrogens with zero attached hydrogens (tertiary/aromatic N) is 1. The monoisotopic (exact) mass is 266 g/mol. The first kappa shape index (κ1) is 14.1. The maximum Gasteiger partial charge on any atom is 0.224 e. The molecule has 0 bridgehead atoms. The summed E-state index contributed by atoms with van der Waals surface area (Å²) in [6.07, 6.45) is 0.885. The van der Waals surface area contributed by atoms with Gasteiger partial charge in [0.05, 0.1) is 19.1 Å². The lowest BCUT2D eigenvalue weighted by molar-refractivity contribution is -0.132. The standard InChI is InChI=1S/C10H18N2O2S.ClH/c13-10(12-2-5-15-6-3-12)1-4-14-9-7-11-8-9;/h9,11H,1-8H2;1H. The van der Waals surface area contributed by atoms with Gasteiger partial charge in [0, 0.05) is 37.7 Å². The summed E-state index contributed by atoms with van der Waals surface area (Å²) < 4.78 is 5.52. The van der Waals surface area contributed by atoms with Gasteiger partial charge >= 0.3 is 0 Å². The summed E-state index contributed by atoms with van der Waals surface area (Å²) >= 11 is 1.92. The third kappa shape index (κ3) is 4.13. The van der Waals surface area contributed by atoms with Gasteiger partial charge in [-0.1, -0.05) is 0 Å². The van der Waals surface area contributed by atoms with Crippen LogP contribution in [0.5, 0.6) is 0 Å². The highest BCUT2D eigenvalue weighted by atomic mass is 35.5. The molecule has 2 heterocycles. The number of nitrogens with one attached hydrogen (secondary N) is 1. The van der Waals surface area contributed by atoms with E-state index in [9.17, 15) is 4.79 Å². The van der Waals surface area contributed by atoms with Gasteiger partial charge in [0.2, 0.25) is 5.91 Å². The Bertz CT molecular complexity index is 221. The number of hydrogen-bond donors (Lipinski definition) is 1. The highest BCUT2D eigenvalue weighted by Gasteiger charge is 2.19. The van der Waals surface area contributed by atoms with E-state index < -0.39 is 0 Å². The Balaban J connectivity index is 0.00000128. The first-order valence-electron chi connectivity index (χ1n) is 5.54. The van der Waals surface area contributed by atoms with Crippen molar-refractivity contribution in [1.29, 1.82) is 0 Å². The molecule has 0 spiro atoms. The molecule has 2 aliphatic rings. The van der Waals surface area contributed by atoms with Crippen LogP contribution in [0.4, 0.5) is 0 Å². The summed E-state index contributed by atoms with van der Waals surface area (Å²) in [5.74, 6) is 2.42. The van der Waals surface area contributed by atoms with Crippen LogP contribution in [0.2, 0.25) is 0 Å². The molecule has 0 saturated carbocycles. The van der Waals surface area contributed by atoms with Gasteiger partial charge in [0.15, 0.2) is 0 Å². The average molecular weight is 267 g/mol. The number of ether oxygens (including phenoxy) is 1. The molecule has 0 atom stereocenters. The van der Waals surface area contributed by atoms with Crippen LogP contribution in [0.25, 0.3) is 0 Å². The summed E-state index contributed by atoms with van der Waals surface area (Å²) in [5.41, 5.74) is 0. The number of carbonyl (C=O) groups excluding carboxylic acids is 1. The van der Waals surface area contributed by atoms with Crippen molar-refractivity contribution in [3.05, 3.63) is 0 Å². The molecule has 1 N–H and O–H groups in total. The average Bonchev–Trinajstić information content (AvgIpc) is 2.23. The predicted molar refractivity (Wildman–Crippen MR) is 68.4 cm³/mol. The minimum Gasteiger partial charge on any atom is -0.375 e. The smallest absolute Gasteiger partial charge is 0.224 e. The van der Waals surface area contributed by atoms with Crippen molar-refractivity contribution in [2.45, 2.75) is 12.5 Å². The highest BCUT2D eigenvalue weighted by Crippen LogP contribution is 2.10. The second-order valence-electron chi connectivity index (χ2n) is 3.89. The molecule has 16 heavy (non-hydrogen) atoms. The van der Waals surface area contributed by atoms with Crippen molar-refractivity contribution in [3.8, 4) is 0 Å². The molecule has 6 heteroatoms. The first-order valence-corrected chi connectivity index (χ1v) is 6.69. The zero-order valence-corrected chi connectivity index (χ0v) is 10.9. The maximum absolute atomic E-state index is 11.7. The molecule has 2 aliphatic heterocycles. The number of thioether (sulfide) groups is 1. The van der Waals surface area contributed by atoms with Crippen LogP contribution in [0, 0.1) is 0 Å². The largest absolute Gasteiger partial charge is 0.375 e. The Labute approximate surface area is 107 Å². The third-order valence-corrected chi connectivity index (χ3v) is 3.72. The van der Waals surface area contributed by atoms with Gasteiger partial charge in [-0.3, -0.25) is 4.79 Å². The van der Waals surface area contributed by atoms with Gasteiger partial charge in [-0.15, -0.1) is 12.4 Å². The van der Waals surface area contributed by atoms with E-state index in [1.54, 1.807) is 0 Å². The SMILES string of the molecule is Cl.O=C(CCOC1CNC1)N1CCSCC1. The molecular weight excluding hydrogens is 248 g/mol. The first-order chi connectivity index (χ1) is 7.36. The molecule has 0 unspecified atom stereocenters. The van der Waals surface area contributed by atoms with Crippen molar-refractivity contribution < 1.29 is 9.53 Å². The molecule has 0 aliphatic carbocycles. The van der Waals surface area contributed by atoms with E-state index >= 15 is 0 Å². The lowest BCUT2D eigenvalue weighted by atomic mass is 10.2. The normalized spacial score (nSPS) is 21.1. The predicted octanol–water partition coefficient (Wildman–Crippen LogP) is 0.362. The number of carbonyl (C=O) groups is 1. The van der Waals surface area contributed by atoms with Crippen LogP contribution >= 0.6 is 24.2 Å². The summed E-state index contributed by atoms with van der Waals surface area (Å²) in [6.45, 7) is 4.28. The Morgan fingerprint density at radius 2 is 2.06 bits per heavy atom. The van der Waals surface area contributed by atoms with Gasteiger partial charge in [-0.25, -0.2) is 0 Å². The fourth-order valence-corrected chi connectivity index (χ4v) is 2.57. The zero-order valence-electron chi connectivity index (χ0n) is 9.31. The van der Waals surface area contributed by atoms with Gasteiger partial charge in [0.25, 0.3) is 0 Å². The van der Waals surface area contributed by atoms with Crippen LogP contribution < -0.4 is 5.32 Å². The van der Waals surface area contributed by atoms with Crippen molar-refractivity contribution >= 4 is 30.1 Å². The van der Waals surface area contributed by atoms with Crippen molar-refractivity contribution in [1.82, 2.24) is 10.2 Å². The second-order valence-corrected chi connectivity index (χ2v) is 5.12. The van der Waals surface area contributed by atoms with Gasteiger partial charge in [-0.05, 0) is 0 Å². The molecule has 94 valence electrons. The lowest BCUT2D eigenvalue weighted by Gasteiger charge is -2.29. The van der Waals surface area contributed by atoms with E-state index in [0.717, 1.165) is 37.7 Å². The van der Waals surface area contributed by atoms with Crippen molar-refractivity contribution in [3.63, 3.8) is 0 Å². The Kier molecular flexibility index (Phi) is 6.49. The molecule has 2 fully saturated rings. The van der Waals surface area contributed by atoms with Crippen LogP contribution in [0.15, 0.2) is 0 Å². The number of hydrogen-bond acceptors (Lipinski definition) is 4. The zero-order chi connectivity index (χ0) is 10.5. The van der Waals surface area contributed by atoms with E-state index in [1.807, 2.05) is 16.7 Å². The van der Waals surface area contributed by atoms with Crippen LogP contribution in [0.1, 0.15) is 6.42 Å². The molecule has 2 saturated heterocycles. The quantitative estimate of drug-likeness (QED) is 0.798. The molecule has 0 aromatic rings. The van der Waals surface area contributed by atoms with E-state index in [2.05, 4.69) is 5.32 Å². The number of halogens is 1. The van der Waals surface area contributed by atoms with Gasteiger partial charge in [0.1, 0.15) is 0 Å². The fourth-order valence-electron chi connectivity index (χ4n) is 1.66. The second kappa shape index (κ2) is 7.37. The summed E-state index contributed by atoms with van der Waals surface area (Å²) in [6, 6.07) is 0. The summed E-state index contributed by atoms with van der Waals surface area (Å²) in [4.78, 5) is 13.7. The van der Waals surface area contributed by atoms with Gasteiger partial charge in [-0.2, -0.15) is 11.8 Å². The molecule has 2 rings (SSSR count). The van der Waals surface area contributed by atoms with Crippen molar-refractivity contribution in [2.24, 2.45) is 0 Å². The van der Waals surface area contributed by atoms with Crippen LogP contribution in [0.3, 0.4) is 0 Å². The molecule has 1 amide bonds. The summed E-state index contributed by atoms with van der Waals surface area (Å²) in [7, 11) is 0. The summed E-state index contributed by atoms with van der Waals surface area (Å²) in [5, 5.41) is 3.14. The minimum absolute atomic E-state index is 0. The Hall–Kier alpha value is 0.0300. The lowest BCUT2D eigenvalue weighted by Crippen LogP contribution is -2.48. The van der Waals surface area contributed by atoms with E-state index in [-0.39, 0.29) is 18.3 Å².